The topological polar surface area (TPSA) is 78.9 Å². The summed E-state index contributed by atoms with van der Waals surface area (Å²) in [5, 5.41) is 11.6. The Bertz CT molecular complexity index is 287. The van der Waals surface area contributed by atoms with Gasteiger partial charge in [-0.2, -0.15) is 0 Å². The van der Waals surface area contributed by atoms with E-state index in [1.807, 2.05) is 13.8 Å². The number of ether oxygens (including phenoxy) is 1. The number of urea groups is 1. The van der Waals surface area contributed by atoms with E-state index in [1.54, 1.807) is 0 Å². The van der Waals surface area contributed by atoms with Crippen LogP contribution in [0.1, 0.15) is 26.7 Å². The largest absolute Gasteiger partial charge is 0.480 e. The van der Waals surface area contributed by atoms with Crippen molar-refractivity contribution in [1.29, 1.82) is 0 Å². The van der Waals surface area contributed by atoms with Gasteiger partial charge < -0.3 is 20.1 Å². The fourth-order valence-corrected chi connectivity index (χ4v) is 1.79. The van der Waals surface area contributed by atoms with Crippen molar-refractivity contribution in [3.05, 3.63) is 0 Å². The zero-order chi connectivity index (χ0) is 12.9. The summed E-state index contributed by atoms with van der Waals surface area (Å²) in [7, 11) is 0. The summed E-state index contributed by atoms with van der Waals surface area (Å²) in [6.07, 6.45) is 1.49. The average Bonchev–Trinajstić information content (AvgIpc) is 2.63. The van der Waals surface area contributed by atoms with Crippen molar-refractivity contribution in [3.8, 4) is 0 Å². The summed E-state index contributed by atoms with van der Waals surface area (Å²) in [6, 6.07) is -0.331. The van der Waals surface area contributed by atoms with Crippen LogP contribution in [-0.4, -0.2) is 53.8 Å². The normalized spacial score (nSPS) is 23.4. The predicted molar refractivity (Wildman–Crippen MR) is 61.9 cm³/mol. The van der Waals surface area contributed by atoms with E-state index in [-0.39, 0.29) is 18.1 Å². The Morgan fingerprint density at radius 1 is 1.53 bits per heavy atom. The Balaban J connectivity index is 2.54. The molecule has 2 N–H and O–H groups in total. The maximum atomic E-state index is 11.9. The Kier molecular flexibility index (Phi) is 4.74. The lowest BCUT2D eigenvalue weighted by molar-refractivity contribution is -0.137. The molecule has 0 aromatic rings. The zero-order valence-electron chi connectivity index (χ0n) is 10.4. The molecule has 1 fully saturated rings. The summed E-state index contributed by atoms with van der Waals surface area (Å²) >= 11 is 0. The molecule has 0 aliphatic carbocycles. The maximum Gasteiger partial charge on any atom is 0.323 e. The second-order valence-electron chi connectivity index (χ2n) is 4.61. The van der Waals surface area contributed by atoms with Crippen molar-refractivity contribution in [1.82, 2.24) is 10.2 Å². The Morgan fingerprint density at radius 2 is 2.24 bits per heavy atom. The van der Waals surface area contributed by atoms with E-state index in [0.717, 1.165) is 12.8 Å². The van der Waals surface area contributed by atoms with Crippen LogP contribution in [0.3, 0.4) is 0 Å². The van der Waals surface area contributed by atoms with Gasteiger partial charge in [0, 0.05) is 13.2 Å². The number of hydrogen-bond donors (Lipinski definition) is 2. The SMILES string of the molecule is CCCN(CC(=O)O)C(=O)NC1(C)CCOC1. The average molecular weight is 244 g/mol. The summed E-state index contributed by atoms with van der Waals surface area (Å²) in [6.45, 7) is 5.09. The van der Waals surface area contributed by atoms with Crippen LogP contribution >= 0.6 is 0 Å². The molecule has 1 saturated heterocycles. The molecule has 1 aliphatic rings. The highest BCUT2D eigenvalue weighted by molar-refractivity contribution is 5.80. The monoisotopic (exact) mass is 244 g/mol. The highest BCUT2D eigenvalue weighted by atomic mass is 16.5. The third kappa shape index (κ3) is 4.22. The van der Waals surface area contributed by atoms with Gasteiger partial charge in [0.25, 0.3) is 0 Å². The van der Waals surface area contributed by atoms with Gasteiger partial charge in [0.05, 0.1) is 12.1 Å². The zero-order valence-corrected chi connectivity index (χ0v) is 10.4. The fourth-order valence-electron chi connectivity index (χ4n) is 1.79. The predicted octanol–water partition coefficient (Wildman–Crippen LogP) is 0.672. The number of nitrogens with one attached hydrogen (secondary N) is 1. The lowest BCUT2D eigenvalue weighted by atomic mass is 10.0. The standard InChI is InChI=1S/C11H20N2O4/c1-3-5-13(7-9(14)15)10(16)12-11(2)4-6-17-8-11/h3-8H2,1-2H3,(H,12,16)(H,14,15). The molecule has 1 atom stereocenters. The van der Waals surface area contributed by atoms with Crippen LogP contribution in [-0.2, 0) is 9.53 Å². The van der Waals surface area contributed by atoms with Crippen molar-refractivity contribution in [2.75, 3.05) is 26.3 Å². The summed E-state index contributed by atoms with van der Waals surface area (Å²) in [4.78, 5) is 23.9. The number of rotatable bonds is 5. The van der Waals surface area contributed by atoms with Gasteiger partial charge in [-0.15, -0.1) is 0 Å². The Hall–Kier alpha value is -1.30. The van der Waals surface area contributed by atoms with E-state index in [1.165, 1.54) is 4.90 Å². The third-order valence-electron chi connectivity index (χ3n) is 2.73. The quantitative estimate of drug-likeness (QED) is 0.745. The summed E-state index contributed by atoms with van der Waals surface area (Å²) < 4.78 is 5.23. The first-order valence-corrected chi connectivity index (χ1v) is 5.83. The van der Waals surface area contributed by atoms with Crippen LogP contribution in [0.5, 0.6) is 0 Å². The smallest absolute Gasteiger partial charge is 0.323 e. The summed E-state index contributed by atoms with van der Waals surface area (Å²) in [5.41, 5.74) is -0.373. The lowest BCUT2D eigenvalue weighted by Crippen LogP contribution is -2.53. The van der Waals surface area contributed by atoms with Crippen LogP contribution in [0, 0.1) is 0 Å². The van der Waals surface area contributed by atoms with Crippen molar-refractivity contribution < 1.29 is 19.4 Å². The highest BCUT2D eigenvalue weighted by Gasteiger charge is 2.32. The van der Waals surface area contributed by atoms with Gasteiger partial charge in [0.1, 0.15) is 6.54 Å². The molecule has 1 rings (SSSR count). The van der Waals surface area contributed by atoms with E-state index in [0.29, 0.717) is 19.8 Å². The number of carboxylic acids is 1. The van der Waals surface area contributed by atoms with E-state index < -0.39 is 5.97 Å². The van der Waals surface area contributed by atoms with Crippen LogP contribution in [0.25, 0.3) is 0 Å². The number of carbonyl (C=O) groups excluding carboxylic acids is 1. The van der Waals surface area contributed by atoms with E-state index in [2.05, 4.69) is 5.32 Å². The van der Waals surface area contributed by atoms with Gasteiger partial charge in [-0.05, 0) is 19.8 Å². The molecule has 0 saturated carbocycles. The molecule has 98 valence electrons. The number of aliphatic carboxylic acids is 1. The Labute approximate surface area is 101 Å². The van der Waals surface area contributed by atoms with Crippen molar-refractivity contribution in [2.24, 2.45) is 0 Å². The van der Waals surface area contributed by atoms with Gasteiger partial charge >= 0.3 is 12.0 Å². The molecular formula is C11H20N2O4. The summed E-state index contributed by atoms with van der Waals surface area (Å²) in [5.74, 6) is -0.999. The van der Waals surface area contributed by atoms with Gasteiger partial charge in [0.15, 0.2) is 0 Å². The highest BCUT2D eigenvalue weighted by Crippen LogP contribution is 2.17. The molecule has 1 unspecified atom stereocenters. The molecule has 6 nitrogen and oxygen atoms in total. The number of carbonyl (C=O) groups is 2. The molecule has 17 heavy (non-hydrogen) atoms. The first-order valence-electron chi connectivity index (χ1n) is 5.83. The van der Waals surface area contributed by atoms with E-state index >= 15 is 0 Å². The third-order valence-corrected chi connectivity index (χ3v) is 2.73. The minimum atomic E-state index is -0.999. The molecule has 0 bridgehead atoms. The molecule has 0 radical (unpaired) electrons. The van der Waals surface area contributed by atoms with Crippen LogP contribution in [0.4, 0.5) is 4.79 Å². The number of hydrogen-bond acceptors (Lipinski definition) is 3. The van der Waals surface area contributed by atoms with Crippen molar-refractivity contribution in [3.63, 3.8) is 0 Å². The second kappa shape index (κ2) is 5.86. The number of amides is 2. The van der Waals surface area contributed by atoms with Crippen molar-refractivity contribution >= 4 is 12.0 Å². The second-order valence-corrected chi connectivity index (χ2v) is 4.61. The fraction of sp³-hybridized carbons (Fsp3) is 0.818. The molecule has 0 aromatic carbocycles. The van der Waals surface area contributed by atoms with Crippen molar-refractivity contribution in [2.45, 2.75) is 32.2 Å². The first-order chi connectivity index (χ1) is 7.97. The first kappa shape index (κ1) is 13.8. The number of nitrogens with zero attached hydrogens (tertiary/aromatic N) is 1. The van der Waals surface area contributed by atoms with Crippen LogP contribution < -0.4 is 5.32 Å². The van der Waals surface area contributed by atoms with Gasteiger partial charge in [-0.1, -0.05) is 6.92 Å². The van der Waals surface area contributed by atoms with Gasteiger partial charge in [-0.3, -0.25) is 4.79 Å². The Morgan fingerprint density at radius 3 is 2.71 bits per heavy atom. The molecule has 2 amide bonds. The minimum absolute atomic E-state index is 0.267. The van der Waals surface area contributed by atoms with E-state index in [9.17, 15) is 9.59 Å². The lowest BCUT2D eigenvalue weighted by Gasteiger charge is -2.28. The molecule has 1 heterocycles. The maximum absolute atomic E-state index is 11.9. The van der Waals surface area contributed by atoms with Gasteiger partial charge in [0.2, 0.25) is 0 Å². The minimum Gasteiger partial charge on any atom is -0.480 e. The van der Waals surface area contributed by atoms with E-state index in [4.69, 9.17) is 9.84 Å². The van der Waals surface area contributed by atoms with Crippen LogP contribution in [0.15, 0.2) is 0 Å². The number of carboxylic acid groups (broad SMARTS) is 1. The molecule has 0 spiro atoms. The molecular weight excluding hydrogens is 224 g/mol. The van der Waals surface area contributed by atoms with Crippen LogP contribution in [0.2, 0.25) is 0 Å². The van der Waals surface area contributed by atoms with Gasteiger partial charge in [-0.25, -0.2) is 4.79 Å². The molecule has 6 heteroatoms. The molecule has 1 aliphatic heterocycles. The molecule has 0 aromatic heterocycles.